The second kappa shape index (κ2) is 7.60. The third-order valence-corrected chi connectivity index (χ3v) is 6.73. The maximum atomic E-state index is 11.8. The molecule has 4 heteroatoms. The molecule has 0 saturated carbocycles. The average molecular weight is 326 g/mol. The summed E-state index contributed by atoms with van der Waals surface area (Å²) in [5, 5.41) is 3.55. The summed E-state index contributed by atoms with van der Waals surface area (Å²) in [6, 6.07) is 8.98. The smallest absolute Gasteiger partial charge is 0.152 e. The van der Waals surface area contributed by atoms with E-state index in [1.54, 1.807) is 13.8 Å². The van der Waals surface area contributed by atoms with Gasteiger partial charge in [-0.05, 0) is 51.6 Å². The average Bonchev–Trinajstić information content (AvgIpc) is 2.38. The van der Waals surface area contributed by atoms with Crippen LogP contribution in [0, 0.1) is 12.8 Å². The van der Waals surface area contributed by atoms with Gasteiger partial charge in [-0.2, -0.15) is 0 Å². The molecule has 0 aliphatic heterocycles. The number of benzene rings is 1. The standard InChI is InChI=1S/C18H31NO2S/c1-14(2)17(13-16-9-7-15(3)8-10-16)19-12-11-18(4,5)22(6,20)21/h7-10,14,17,19H,11-13H2,1-6H3. The molecule has 0 saturated heterocycles. The first kappa shape index (κ1) is 19.2. The molecular formula is C18H31NO2S. The molecule has 0 heterocycles. The van der Waals surface area contributed by atoms with Crippen LogP contribution in [0.25, 0.3) is 0 Å². The van der Waals surface area contributed by atoms with E-state index >= 15 is 0 Å². The summed E-state index contributed by atoms with van der Waals surface area (Å²) >= 11 is 0. The highest BCUT2D eigenvalue weighted by atomic mass is 32.2. The summed E-state index contributed by atoms with van der Waals surface area (Å²) in [5.74, 6) is 0.502. The molecule has 0 bridgehead atoms. The Hall–Kier alpha value is -0.870. The minimum atomic E-state index is -3.02. The van der Waals surface area contributed by atoms with Gasteiger partial charge in [-0.15, -0.1) is 0 Å². The second-order valence-corrected chi connectivity index (χ2v) is 9.93. The second-order valence-electron chi connectivity index (χ2n) is 7.28. The lowest BCUT2D eigenvalue weighted by molar-refractivity contribution is 0.384. The Balaban J connectivity index is 2.61. The van der Waals surface area contributed by atoms with Crippen molar-refractivity contribution in [1.82, 2.24) is 5.32 Å². The van der Waals surface area contributed by atoms with Gasteiger partial charge < -0.3 is 5.32 Å². The molecule has 0 aromatic heterocycles. The summed E-state index contributed by atoms with van der Waals surface area (Å²) in [4.78, 5) is 0. The van der Waals surface area contributed by atoms with Gasteiger partial charge in [0.05, 0.1) is 4.75 Å². The minimum Gasteiger partial charge on any atom is -0.313 e. The molecule has 0 aliphatic rings. The van der Waals surface area contributed by atoms with E-state index in [1.165, 1.54) is 17.4 Å². The summed E-state index contributed by atoms with van der Waals surface area (Å²) in [6.45, 7) is 10.8. The molecule has 1 aromatic carbocycles. The maximum Gasteiger partial charge on any atom is 0.152 e. The SMILES string of the molecule is Cc1ccc(CC(NCCC(C)(C)S(C)(=O)=O)C(C)C)cc1. The van der Waals surface area contributed by atoms with E-state index in [4.69, 9.17) is 0 Å². The van der Waals surface area contributed by atoms with Crippen molar-refractivity contribution in [1.29, 1.82) is 0 Å². The summed E-state index contributed by atoms with van der Waals surface area (Å²) < 4.78 is 22.8. The van der Waals surface area contributed by atoms with Crippen LogP contribution in [0.15, 0.2) is 24.3 Å². The summed E-state index contributed by atoms with van der Waals surface area (Å²) in [5.41, 5.74) is 2.59. The highest BCUT2D eigenvalue weighted by Crippen LogP contribution is 2.19. The molecule has 0 fully saturated rings. The first-order chi connectivity index (χ1) is 10.0. The lowest BCUT2D eigenvalue weighted by Gasteiger charge is -2.27. The number of sulfone groups is 1. The van der Waals surface area contributed by atoms with E-state index < -0.39 is 14.6 Å². The highest BCUT2D eigenvalue weighted by Gasteiger charge is 2.29. The number of hydrogen-bond donors (Lipinski definition) is 1. The molecule has 126 valence electrons. The van der Waals surface area contributed by atoms with Crippen LogP contribution in [-0.2, 0) is 16.3 Å². The van der Waals surface area contributed by atoms with E-state index in [2.05, 4.69) is 50.4 Å². The normalized spacial score (nSPS) is 14.3. The van der Waals surface area contributed by atoms with Crippen molar-refractivity contribution < 1.29 is 8.42 Å². The minimum absolute atomic E-state index is 0.359. The van der Waals surface area contributed by atoms with E-state index in [-0.39, 0.29) is 0 Å². The third-order valence-electron chi connectivity index (χ3n) is 4.52. The topological polar surface area (TPSA) is 46.2 Å². The number of nitrogens with one attached hydrogen (secondary N) is 1. The van der Waals surface area contributed by atoms with Gasteiger partial charge in [-0.1, -0.05) is 43.7 Å². The van der Waals surface area contributed by atoms with Crippen LogP contribution < -0.4 is 5.32 Å². The van der Waals surface area contributed by atoms with E-state index in [0.29, 0.717) is 18.4 Å². The van der Waals surface area contributed by atoms with Crippen LogP contribution >= 0.6 is 0 Å². The molecule has 1 N–H and O–H groups in total. The molecule has 1 rings (SSSR count). The molecule has 1 atom stereocenters. The predicted molar refractivity (Wildman–Crippen MR) is 95.1 cm³/mol. The van der Waals surface area contributed by atoms with Gasteiger partial charge in [-0.25, -0.2) is 8.42 Å². The molecule has 0 radical (unpaired) electrons. The van der Waals surface area contributed by atoms with E-state index in [9.17, 15) is 8.42 Å². The molecular weight excluding hydrogens is 294 g/mol. The van der Waals surface area contributed by atoms with Gasteiger partial charge in [0.1, 0.15) is 0 Å². The molecule has 0 aliphatic carbocycles. The lowest BCUT2D eigenvalue weighted by atomic mass is 9.95. The molecule has 0 amide bonds. The van der Waals surface area contributed by atoms with Crippen LogP contribution in [0.5, 0.6) is 0 Å². The Morgan fingerprint density at radius 3 is 2.14 bits per heavy atom. The fraction of sp³-hybridized carbons (Fsp3) is 0.667. The zero-order valence-electron chi connectivity index (χ0n) is 14.8. The molecule has 3 nitrogen and oxygen atoms in total. The monoisotopic (exact) mass is 325 g/mol. The maximum absolute atomic E-state index is 11.8. The summed E-state index contributed by atoms with van der Waals surface area (Å²) in [7, 11) is -3.02. The first-order valence-corrected chi connectivity index (χ1v) is 9.90. The fourth-order valence-electron chi connectivity index (χ4n) is 2.27. The third kappa shape index (κ3) is 5.73. The van der Waals surface area contributed by atoms with Gasteiger partial charge in [0.15, 0.2) is 9.84 Å². The van der Waals surface area contributed by atoms with Gasteiger partial charge >= 0.3 is 0 Å². The van der Waals surface area contributed by atoms with Gasteiger partial charge in [0, 0.05) is 12.3 Å². The Bertz CT molecular complexity index is 559. The number of aryl methyl sites for hydroxylation is 1. The highest BCUT2D eigenvalue weighted by molar-refractivity contribution is 7.92. The van der Waals surface area contributed by atoms with E-state index in [1.807, 2.05) is 0 Å². The van der Waals surface area contributed by atoms with Crippen molar-refractivity contribution in [3.63, 3.8) is 0 Å². The predicted octanol–water partition coefficient (Wildman–Crippen LogP) is 3.37. The summed E-state index contributed by atoms with van der Waals surface area (Å²) in [6.07, 6.45) is 2.92. The Morgan fingerprint density at radius 1 is 1.14 bits per heavy atom. The molecule has 1 aromatic rings. The van der Waals surface area contributed by atoms with Gasteiger partial charge in [0.2, 0.25) is 0 Å². The van der Waals surface area contributed by atoms with Crippen LogP contribution in [0.1, 0.15) is 45.2 Å². The van der Waals surface area contributed by atoms with Crippen molar-refractivity contribution in [2.24, 2.45) is 5.92 Å². The van der Waals surface area contributed by atoms with Crippen LogP contribution in [0.3, 0.4) is 0 Å². The Morgan fingerprint density at radius 2 is 1.68 bits per heavy atom. The van der Waals surface area contributed by atoms with Crippen molar-refractivity contribution in [2.75, 3.05) is 12.8 Å². The van der Waals surface area contributed by atoms with Crippen LogP contribution in [-0.4, -0.2) is 32.0 Å². The lowest BCUT2D eigenvalue weighted by Crippen LogP contribution is -2.40. The fourth-order valence-corrected chi connectivity index (χ4v) is 2.74. The van der Waals surface area contributed by atoms with Crippen molar-refractivity contribution >= 4 is 9.84 Å². The molecule has 0 spiro atoms. The van der Waals surface area contributed by atoms with Crippen molar-refractivity contribution in [2.45, 2.75) is 58.2 Å². The Labute approximate surface area is 136 Å². The Kier molecular flexibility index (Phi) is 6.63. The number of hydrogen-bond acceptors (Lipinski definition) is 3. The first-order valence-electron chi connectivity index (χ1n) is 8.01. The number of rotatable bonds is 8. The quantitative estimate of drug-likeness (QED) is 0.797. The van der Waals surface area contributed by atoms with E-state index in [0.717, 1.165) is 13.0 Å². The zero-order chi connectivity index (χ0) is 17.0. The molecule has 1 unspecified atom stereocenters. The largest absolute Gasteiger partial charge is 0.313 e. The van der Waals surface area contributed by atoms with Crippen molar-refractivity contribution in [3.8, 4) is 0 Å². The van der Waals surface area contributed by atoms with Gasteiger partial charge in [0.25, 0.3) is 0 Å². The van der Waals surface area contributed by atoms with Crippen LogP contribution in [0.4, 0.5) is 0 Å². The van der Waals surface area contributed by atoms with Gasteiger partial charge in [-0.3, -0.25) is 0 Å². The van der Waals surface area contributed by atoms with Crippen LogP contribution in [0.2, 0.25) is 0 Å². The molecule has 22 heavy (non-hydrogen) atoms. The zero-order valence-corrected chi connectivity index (χ0v) is 15.6. The van der Waals surface area contributed by atoms with Crippen molar-refractivity contribution in [3.05, 3.63) is 35.4 Å².